The molecule has 1 N–H and O–H groups in total. The largest absolute Gasteiger partial charge is 0.369 e. The molecule has 2 heterocycles. The van der Waals surface area contributed by atoms with Crippen molar-refractivity contribution < 1.29 is 0 Å². The van der Waals surface area contributed by atoms with E-state index in [4.69, 9.17) is 11.6 Å². The molecule has 1 aliphatic heterocycles. The van der Waals surface area contributed by atoms with E-state index in [1.165, 1.54) is 0 Å². The zero-order valence-corrected chi connectivity index (χ0v) is 14.0. The Kier molecular flexibility index (Phi) is 5.12. The third-order valence-corrected chi connectivity index (χ3v) is 4.07. The fourth-order valence-electron chi connectivity index (χ4n) is 2.60. The Morgan fingerprint density at radius 3 is 2.70 bits per heavy atom. The molecule has 0 atom stereocenters. The summed E-state index contributed by atoms with van der Waals surface area (Å²) in [5.41, 5.74) is 1.16. The molecule has 0 aliphatic carbocycles. The number of halogens is 1. The van der Waals surface area contributed by atoms with Gasteiger partial charge in [-0.2, -0.15) is 10.1 Å². The number of piperazine rings is 1. The van der Waals surface area contributed by atoms with E-state index in [1.807, 2.05) is 18.2 Å². The molecule has 2 aromatic rings. The zero-order chi connectivity index (χ0) is 16.1. The van der Waals surface area contributed by atoms with Gasteiger partial charge in [0.05, 0.1) is 6.20 Å². The smallest absolute Gasteiger partial charge is 0.247 e. The molecule has 1 aromatic heterocycles. The Labute approximate surface area is 141 Å². The van der Waals surface area contributed by atoms with Gasteiger partial charge in [-0.05, 0) is 24.6 Å². The van der Waals surface area contributed by atoms with Gasteiger partial charge in [0, 0.05) is 43.4 Å². The van der Waals surface area contributed by atoms with Crippen molar-refractivity contribution in [3.63, 3.8) is 0 Å². The van der Waals surface area contributed by atoms with Crippen LogP contribution >= 0.6 is 11.6 Å². The average molecular weight is 333 g/mol. The highest BCUT2D eigenvalue weighted by molar-refractivity contribution is 6.30. The maximum absolute atomic E-state index is 6.08. The molecule has 1 saturated heterocycles. The highest BCUT2D eigenvalue weighted by Gasteiger charge is 2.20. The van der Waals surface area contributed by atoms with Crippen LogP contribution in [0.2, 0.25) is 5.02 Å². The van der Waals surface area contributed by atoms with Crippen molar-refractivity contribution in [3.05, 3.63) is 35.5 Å². The lowest BCUT2D eigenvalue weighted by Crippen LogP contribution is -2.47. The molecular weight excluding hydrogens is 312 g/mol. The number of rotatable bonds is 5. The number of hydrogen-bond donors (Lipinski definition) is 1. The van der Waals surface area contributed by atoms with E-state index < -0.39 is 0 Å². The number of anilines is 3. The van der Waals surface area contributed by atoms with Crippen molar-refractivity contribution in [1.82, 2.24) is 15.2 Å². The van der Waals surface area contributed by atoms with Gasteiger partial charge >= 0.3 is 0 Å². The lowest BCUT2D eigenvalue weighted by Gasteiger charge is -2.36. The summed E-state index contributed by atoms with van der Waals surface area (Å²) in [6.45, 7) is 6.57. The molecule has 23 heavy (non-hydrogen) atoms. The summed E-state index contributed by atoms with van der Waals surface area (Å²) in [6.07, 6.45) is 2.72. The average Bonchev–Trinajstić information content (AvgIpc) is 2.60. The summed E-state index contributed by atoms with van der Waals surface area (Å²) < 4.78 is 0. The predicted octanol–water partition coefficient (Wildman–Crippen LogP) is 2.67. The molecule has 1 aliphatic rings. The van der Waals surface area contributed by atoms with Crippen LogP contribution in [0.5, 0.6) is 0 Å². The van der Waals surface area contributed by atoms with Crippen molar-refractivity contribution >= 4 is 29.1 Å². The number of benzene rings is 1. The summed E-state index contributed by atoms with van der Waals surface area (Å²) in [5, 5.41) is 12.2. The van der Waals surface area contributed by atoms with Gasteiger partial charge in [-0.3, -0.25) is 0 Å². The van der Waals surface area contributed by atoms with Crippen molar-refractivity contribution in [2.24, 2.45) is 0 Å². The lowest BCUT2D eigenvalue weighted by atomic mass is 10.2. The molecule has 0 amide bonds. The Balaban J connectivity index is 1.62. The molecule has 6 nitrogen and oxygen atoms in total. The highest BCUT2D eigenvalue weighted by Crippen LogP contribution is 2.21. The van der Waals surface area contributed by atoms with Crippen LogP contribution in [0.25, 0.3) is 0 Å². The van der Waals surface area contributed by atoms with Gasteiger partial charge in [0.15, 0.2) is 5.82 Å². The SMILES string of the molecule is CCCNc1cnnc(N2CCN(c3cccc(Cl)c3)CC2)n1. The number of nitrogens with one attached hydrogen (secondary N) is 1. The first-order valence-electron chi connectivity index (χ1n) is 7.95. The third kappa shape index (κ3) is 4.01. The second kappa shape index (κ2) is 7.46. The van der Waals surface area contributed by atoms with Gasteiger partial charge in [0.2, 0.25) is 5.95 Å². The molecule has 1 fully saturated rings. The summed E-state index contributed by atoms with van der Waals surface area (Å²) in [6, 6.07) is 7.98. The molecule has 1 aromatic carbocycles. The van der Waals surface area contributed by atoms with E-state index in [1.54, 1.807) is 6.20 Å². The van der Waals surface area contributed by atoms with Crippen LogP contribution in [0.15, 0.2) is 30.5 Å². The maximum atomic E-state index is 6.08. The molecule has 0 radical (unpaired) electrons. The van der Waals surface area contributed by atoms with Crippen molar-refractivity contribution in [2.45, 2.75) is 13.3 Å². The Hall–Kier alpha value is -2.08. The predicted molar refractivity (Wildman–Crippen MR) is 94.5 cm³/mol. The first kappa shape index (κ1) is 15.8. The molecular formula is C16H21ClN6. The van der Waals surface area contributed by atoms with E-state index in [2.05, 4.69) is 43.3 Å². The van der Waals surface area contributed by atoms with E-state index in [0.29, 0.717) is 5.95 Å². The van der Waals surface area contributed by atoms with E-state index in [-0.39, 0.29) is 0 Å². The van der Waals surface area contributed by atoms with Gasteiger partial charge in [-0.25, -0.2) is 0 Å². The fraction of sp³-hybridized carbons (Fsp3) is 0.438. The van der Waals surface area contributed by atoms with E-state index in [9.17, 15) is 0 Å². The summed E-state index contributed by atoms with van der Waals surface area (Å²) in [5.74, 6) is 1.48. The van der Waals surface area contributed by atoms with Crippen molar-refractivity contribution in [1.29, 1.82) is 0 Å². The quantitative estimate of drug-likeness (QED) is 0.908. The van der Waals surface area contributed by atoms with Crippen molar-refractivity contribution in [2.75, 3.05) is 47.8 Å². The molecule has 0 spiro atoms. The zero-order valence-electron chi connectivity index (χ0n) is 13.2. The topological polar surface area (TPSA) is 57.2 Å². The number of aromatic nitrogens is 3. The van der Waals surface area contributed by atoms with Crippen LogP contribution in [0.1, 0.15) is 13.3 Å². The van der Waals surface area contributed by atoms with Crippen LogP contribution < -0.4 is 15.1 Å². The van der Waals surface area contributed by atoms with E-state index in [0.717, 1.165) is 55.7 Å². The van der Waals surface area contributed by atoms with Crippen molar-refractivity contribution in [3.8, 4) is 0 Å². The first-order valence-corrected chi connectivity index (χ1v) is 8.33. The van der Waals surface area contributed by atoms with Gasteiger partial charge in [-0.15, -0.1) is 5.10 Å². The molecule has 122 valence electrons. The summed E-state index contributed by atoms with van der Waals surface area (Å²) in [7, 11) is 0. The lowest BCUT2D eigenvalue weighted by molar-refractivity contribution is 0.635. The van der Waals surface area contributed by atoms with Crippen LogP contribution in [0.4, 0.5) is 17.5 Å². The molecule has 0 saturated carbocycles. The van der Waals surface area contributed by atoms with Gasteiger partial charge in [0.1, 0.15) is 0 Å². The van der Waals surface area contributed by atoms with Crippen LogP contribution in [-0.2, 0) is 0 Å². The van der Waals surface area contributed by atoms with Gasteiger partial charge < -0.3 is 15.1 Å². The van der Waals surface area contributed by atoms with Crippen LogP contribution in [-0.4, -0.2) is 47.9 Å². The Bertz CT molecular complexity index is 642. The minimum absolute atomic E-state index is 0.692. The van der Waals surface area contributed by atoms with E-state index >= 15 is 0 Å². The maximum Gasteiger partial charge on any atom is 0.247 e. The fourth-order valence-corrected chi connectivity index (χ4v) is 2.79. The second-order valence-corrected chi connectivity index (χ2v) is 5.96. The van der Waals surface area contributed by atoms with Crippen LogP contribution in [0.3, 0.4) is 0 Å². The minimum Gasteiger partial charge on any atom is -0.369 e. The standard InChI is InChI=1S/C16H21ClN6/c1-2-6-18-15-12-19-21-16(20-15)23-9-7-22(8-10-23)14-5-3-4-13(17)11-14/h3-5,11-12H,2,6-10H2,1H3,(H,18,20,21). The Morgan fingerprint density at radius 2 is 1.96 bits per heavy atom. The Morgan fingerprint density at radius 1 is 1.17 bits per heavy atom. The van der Waals surface area contributed by atoms with Gasteiger partial charge in [0.25, 0.3) is 0 Å². The highest BCUT2D eigenvalue weighted by atomic mass is 35.5. The van der Waals surface area contributed by atoms with Gasteiger partial charge in [-0.1, -0.05) is 24.6 Å². The number of nitrogens with zero attached hydrogens (tertiary/aromatic N) is 5. The first-order chi connectivity index (χ1) is 11.3. The molecule has 0 bridgehead atoms. The van der Waals surface area contributed by atoms with Crippen LogP contribution in [0, 0.1) is 0 Å². The summed E-state index contributed by atoms with van der Waals surface area (Å²) in [4.78, 5) is 9.05. The molecule has 7 heteroatoms. The minimum atomic E-state index is 0.692. The summed E-state index contributed by atoms with van der Waals surface area (Å²) >= 11 is 6.08. The normalized spacial score (nSPS) is 14.9. The third-order valence-electron chi connectivity index (χ3n) is 3.84. The molecule has 3 rings (SSSR count). The molecule has 0 unspecified atom stereocenters. The monoisotopic (exact) mass is 332 g/mol. The number of hydrogen-bond acceptors (Lipinski definition) is 6. The second-order valence-electron chi connectivity index (χ2n) is 5.52.